The maximum atomic E-state index is 12.1. The maximum absolute atomic E-state index is 12.1. The highest BCUT2D eigenvalue weighted by molar-refractivity contribution is 5.90. The fraction of sp³-hybridized carbons (Fsp3) is 0.300. The number of carbonyl (C=O) groups is 2. The van der Waals surface area contributed by atoms with Crippen LogP contribution >= 0.6 is 0 Å². The summed E-state index contributed by atoms with van der Waals surface area (Å²) in [5.41, 5.74) is 4.18. The molecule has 3 nitrogen and oxygen atoms in total. The number of fused-ring (bicyclic) bond motifs is 9. The molecule has 0 unspecified atom stereocenters. The molecule has 0 spiro atoms. The summed E-state index contributed by atoms with van der Waals surface area (Å²) in [6.07, 6.45) is 3.98. The summed E-state index contributed by atoms with van der Waals surface area (Å²) in [4.78, 5) is 24.2. The van der Waals surface area contributed by atoms with E-state index in [-0.39, 0.29) is 11.7 Å². The van der Waals surface area contributed by atoms with Crippen LogP contribution < -0.4 is 5.32 Å². The van der Waals surface area contributed by atoms with E-state index in [2.05, 4.69) is 5.32 Å². The Morgan fingerprint density at radius 2 is 1.52 bits per heavy atom. The molecule has 0 fully saturated rings. The number of rotatable bonds is 0. The molecule has 2 aromatic carbocycles. The minimum atomic E-state index is 0.0197. The molecule has 118 valence electrons. The van der Waals surface area contributed by atoms with E-state index < -0.39 is 0 Å². The van der Waals surface area contributed by atoms with Gasteiger partial charge in [-0.3, -0.25) is 9.59 Å². The Hall–Kier alpha value is -2.42. The van der Waals surface area contributed by atoms with Crippen LogP contribution in [0.4, 0.5) is 5.69 Å². The second kappa shape index (κ2) is 7.23. The monoisotopic (exact) mass is 307 g/mol. The Balaban J connectivity index is 1.79. The normalized spacial score (nSPS) is 16.2. The van der Waals surface area contributed by atoms with E-state index >= 15 is 0 Å². The molecule has 23 heavy (non-hydrogen) atoms. The molecule has 0 aromatic heterocycles. The van der Waals surface area contributed by atoms with E-state index in [4.69, 9.17) is 0 Å². The van der Waals surface area contributed by atoms with Crippen molar-refractivity contribution < 1.29 is 9.59 Å². The van der Waals surface area contributed by atoms with Crippen LogP contribution in [-0.4, -0.2) is 11.7 Å². The van der Waals surface area contributed by atoms with Crippen molar-refractivity contribution in [3.05, 3.63) is 65.2 Å². The van der Waals surface area contributed by atoms with Gasteiger partial charge in [0.05, 0.1) is 0 Å². The molecule has 0 aliphatic carbocycles. The lowest BCUT2D eigenvalue weighted by Crippen LogP contribution is -2.12. The number of carbonyl (C=O) groups excluding carboxylic acids is 2. The predicted molar refractivity (Wildman–Crippen MR) is 91.5 cm³/mol. The van der Waals surface area contributed by atoms with Crippen molar-refractivity contribution in [2.75, 3.05) is 5.32 Å². The summed E-state index contributed by atoms with van der Waals surface area (Å²) in [5.74, 6) is 0.301. The number of ketones is 1. The Kier molecular flexibility index (Phi) is 4.86. The van der Waals surface area contributed by atoms with Crippen molar-refractivity contribution in [3.63, 3.8) is 0 Å². The van der Waals surface area contributed by atoms with Crippen LogP contribution in [0, 0.1) is 0 Å². The van der Waals surface area contributed by atoms with E-state index in [9.17, 15) is 9.59 Å². The number of hydrogen-bond acceptors (Lipinski definition) is 2. The van der Waals surface area contributed by atoms with Gasteiger partial charge >= 0.3 is 0 Å². The molecular weight excluding hydrogens is 286 g/mol. The number of anilines is 1. The summed E-state index contributed by atoms with van der Waals surface area (Å²) in [7, 11) is 0. The molecule has 2 aliphatic heterocycles. The minimum Gasteiger partial charge on any atom is -0.326 e. The SMILES string of the molecule is O=C1CCCc2ccc(cc2)NC(=O)CCc2cccc(c2)C1. The molecule has 2 heterocycles. The first-order valence-electron chi connectivity index (χ1n) is 8.17. The van der Waals surface area contributed by atoms with Crippen molar-refractivity contribution in [2.45, 2.75) is 38.5 Å². The molecule has 4 bridgehead atoms. The third-order valence-corrected chi connectivity index (χ3v) is 4.19. The van der Waals surface area contributed by atoms with Crippen molar-refractivity contribution in [1.29, 1.82) is 0 Å². The lowest BCUT2D eigenvalue weighted by molar-refractivity contribution is -0.118. The number of aryl methyl sites for hydroxylation is 2. The van der Waals surface area contributed by atoms with Gasteiger partial charge in [0.1, 0.15) is 5.78 Å². The second-order valence-corrected chi connectivity index (χ2v) is 6.13. The summed E-state index contributed by atoms with van der Waals surface area (Å²) in [6.45, 7) is 0. The zero-order valence-corrected chi connectivity index (χ0v) is 13.2. The molecule has 2 aliphatic rings. The first kappa shape index (κ1) is 15.5. The number of benzene rings is 2. The highest BCUT2D eigenvalue weighted by Gasteiger charge is 2.08. The molecule has 0 atom stereocenters. The summed E-state index contributed by atoms with van der Waals surface area (Å²) >= 11 is 0. The van der Waals surface area contributed by atoms with Crippen LogP contribution in [0.5, 0.6) is 0 Å². The molecule has 4 rings (SSSR count). The Morgan fingerprint density at radius 3 is 2.35 bits per heavy atom. The fourth-order valence-electron chi connectivity index (χ4n) is 2.94. The topological polar surface area (TPSA) is 46.2 Å². The third-order valence-electron chi connectivity index (χ3n) is 4.19. The third kappa shape index (κ3) is 4.52. The van der Waals surface area contributed by atoms with Gasteiger partial charge in [0.15, 0.2) is 0 Å². The second-order valence-electron chi connectivity index (χ2n) is 6.13. The zero-order chi connectivity index (χ0) is 16.1. The Labute approximate surface area is 136 Å². The summed E-state index contributed by atoms with van der Waals surface area (Å²) < 4.78 is 0. The van der Waals surface area contributed by atoms with Crippen molar-refractivity contribution in [2.24, 2.45) is 0 Å². The van der Waals surface area contributed by atoms with Crippen molar-refractivity contribution in [1.82, 2.24) is 0 Å². The molecule has 1 amide bonds. The van der Waals surface area contributed by atoms with Gasteiger partial charge < -0.3 is 5.32 Å². The van der Waals surface area contributed by atoms with Gasteiger partial charge in [-0.1, -0.05) is 36.4 Å². The van der Waals surface area contributed by atoms with Crippen LogP contribution in [0.25, 0.3) is 0 Å². The average Bonchev–Trinajstić information content (AvgIpc) is 2.54. The quantitative estimate of drug-likeness (QED) is 0.806. The van der Waals surface area contributed by atoms with E-state index in [0.29, 0.717) is 25.7 Å². The van der Waals surface area contributed by atoms with Crippen LogP contribution in [0.15, 0.2) is 48.5 Å². The highest BCUT2D eigenvalue weighted by Crippen LogP contribution is 2.15. The molecule has 2 aromatic rings. The van der Waals surface area contributed by atoms with Gasteiger partial charge in [0.25, 0.3) is 0 Å². The minimum absolute atomic E-state index is 0.0197. The average molecular weight is 307 g/mol. The summed E-state index contributed by atoms with van der Waals surface area (Å²) in [5, 5.41) is 2.94. The van der Waals surface area contributed by atoms with Crippen LogP contribution in [-0.2, 0) is 28.9 Å². The van der Waals surface area contributed by atoms with E-state index in [1.807, 2.05) is 48.5 Å². The molecular formula is C20H21NO2. The van der Waals surface area contributed by atoms with Gasteiger partial charge in [-0.2, -0.15) is 0 Å². The number of Topliss-reactive ketones (excluding diaryl/α,β-unsaturated/α-hetero) is 1. The van der Waals surface area contributed by atoms with E-state index in [0.717, 1.165) is 29.7 Å². The zero-order valence-electron chi connectivity index (χ0n) is 13.2. The lowest BCUT2D eigenvalue weighted by Gasteiger charge is -2.09. The van der Waals surface area contributed by atoms with E-state index in [1.54, 1.807) is 0 Å². The molecule has 0 radical (unpaired) electrons. The van der Waals surface area contributed by atoms with Gasteiger partial charge in [-0.25, -0.2) is 0 Å². The van der Waals surface area contributed by atoms with Gasteiger partial charge in [-0.15, -0.1) is 0 Å². The van der Waals surface area contributed by atoms with Crippen LogP contribution in [0.1, 0.15) is 36.0 Å². The fourth-order valence-corrected chi connectivity index (χ4v) is 2.94. The molecule has 0 saturated carbocycles. The van der Waals surface area contributed by atoms with Gasteiger partial charge in [0.2, 0.25) is 5.91 Å². The van der Waals surface area contributed by atoms with Crippen molar-refractivity contribution >= 4 is 17.4 Å². The lowest BCUT2D eigenvalue weighted by atomic mass is 9.99. The first-order chi connectivity index (χ1) is 11.2. The number of amides is 1. The predicted octanol–water partition coefficient (Wildman–Crippen LogP) is 3.71. The Bertz CT molecular complexity index is 704. The molecule has 3 heteroatoms. The molecule has 0 saturated heterocycles. The standard InChI is InChI=1S/C20H21NO2/c22-19-6-2-3-15-7-10-18(11-8-15)21-20(23)12-9-16-4-1-5-17(13-16)14-19/h1,4-5,7-8,10-11,13H,2-3,6,9,12,14H2,(H,21,23). The van der Waals surface area contributed by atoms with Crippen LogP contribution in [0.2, 0.25) is 0 Å². The van der Waals surface area contributed by atoms with Gasteiger partial charge in [-0.05, 0) is 48.1 Å². The maximum Gasteiger partial charge on any atom is 0.224 e. The number of hydrogen-bond donors (Lipinski definition) is 1. The first-order valence-corrected chi connectivity index (χ1v) is 8.17. The van der Waals surface area contributed by atoms with Gasteiger partial charge in [0, 0.05) is 24.9 Å². The Morgan fingerprint density at radius 1 is 0.739 bits per heavy atom. The smallest absolute Gasteiger partial charge is 0.224 e. The largest absolute Gasteiger partial charge is 0.326 e. The molecule has 1 N–H and O–H groups in total. The highest BCUT2D eigenvalue weighted by atomic mass is 16.1. The van der Waals surface area contributed by atoms with E-state index in [1.165, 1.54) is 5.56 Å². The summed E-state index contributed by atoms with van der Waals surface area (Å²) in [6, 6.07) is 15.9. The number of nitrogens with one attached hydrogen (secondary N) is 1. The van der Waals surface area contributed by atoms with Crippen LogP contribution in [0.3, 0.4) is 0 Å². The van der Waals surface area contributed by atoms with Crippen molar-refractivity contribution in [3.8, 4) is 0 Å².